The van der Waals surface area contributed by atoms with Crippen molar-refractivity contribution in [2.45, 2.75) is 6.61 Å². The van der Waals surface area contributed by atoms with E-state index in [9.17, 15) is 13.6 Å². The third-order valence-electron chi connectivity index (χ3n) is 3.40. The summed E-state index contributed by atoms with van der Waals surface area (Å²) in [6.07, 6.45) is 1.60. The number of ether oxygens (including phenoxy) is 2. The summed E-state index contributed by atoms with van der Waals surface area (Å²) in [7, 11) is 1.31. The molecule has 2 heterocycles. The van der Waals surface area contributed by atoms with Gasteiger partial charge in [0.2, 0.25) is 0 Å². The van der Waals surface area contributed by atoms with E-state index in [2.05, 4.69) is 20.9 Å². The number of methoxy groups -OCH3 is 1. The van der Waals surface area contributed by atoms with Gasteiger partial charge < -0.3 is 9.47 Å². The highest BCUT2D eigenvalue weighted by Crippen LogP contribution is 2.34. The van der Waals surface area contributed by atoms with E-state index in [1.54, 1.807) is 23.7 Å². The maximum Gasteiger partial charge on any atom is 0.348 e. The molecule has 0 atom stereocenters. The standard InChI is InChI=1S/C18H12BrF2NO3S/c1-24-18(23)16-4-11(9-26-16)17-15(5-12(19)7-22-17)25-8-10-2-13(20)6-14(21)3-10/h2-7,9H,8H2,1H3. The van der Waals surface area contributed by atoms with Gasteiger partial charge in [0.25, 0.3) is 0 Å². The molecule has 2 aromatic heterocycles. The molecule has 3 aromatic rings. The lowest BCUT2D eigenvalue weighted by atomic mass is 10.2. The quantitative estimate of drug-likeness (QED) is 0.511. The average Bonchev–Trinajstić information content (AvgIpc) is 3.08. The molecule has 8 heteroatoms. The highest BCUT2D eigenvalue weighted by molar-refractivity contribution is 9.10. The van der Waals surface area contributed by atoms with Crippen molar-refractivity contribution >= 4 is 33.2 Å². The Morgan fingerprint density at radius 2 is 1.92 bits per heavy atom. The second-order valence-corrected chi connectivity index (χ2v) is 7.08. The molecular weight excluding hydrogens is 428 g/mol. The summed E-state index contributed by atoms with van der Waals surface area (Å²) in [6.45, 7) is -0.0339. The van der Waals surface area contributed by atoms with Gasteiger partial charge in [0.05, 0.1) is 7.11 Å². The topological polar surface area (TPSA) is 48.4 Å². The third kappa shape index (κ3) is 4.25. The Hall–Kier alpha value is -2.32. The zero-order valence-electron chi connectivity index (χ0n) is 13.5. The van der Waals surface area contributed by atoms with E-state index in [0.29, 0.717) is 31.9 Å². The number of pyridine rings is 1. The van der Waals surface area contributed by atoms with Crippen LogP contribution in [0.25, 0.3) is 11.3 Å². The van der Waals surface area contributed by atoms with Crippen molar-refractivity contribution in [2.75, 3.05) is 7.11 Å². The fraction of sp³-hybridized carbons (Fsp3) is 0.111. The Balaban J connectivity index is 1.88. The Labute approximate surface area is 160 Å². The first-order valence-corrected chi connectivity index (χ1v) is 9.04. The number of thiophene rings is 1. The van der Waals surface area contributed by atoms with Gasteiger partial charge in [-0.2, -0.15) is 0 Å². The van der Waals surface area contributed by atoms with Crippen LogP contribution in [0.4, 0.5) is 8.78 Å². The van der Waals surface area contributed by atoms with E-state index in [4.69, 9.17) is 9.47 Å². The molecule has 3 rings (SSSR count). The summed E-state index contributed by atoms with van der Waals surface area (Å²) >= 11 is 4.55. The van der Waals surface area contributed by atoms with Crippen LogP contribution in [-0.2, 0) is 11.3 Å². The number of halogens is 3. The molecule has 0 N–H and O–H groups in total. The number of rotatable bonds is 5. The predicted octanol–water partition coefficient (Wildman–Crippen LogP) is 5.22. The zero-order chi connectivity index (χ0) is 18.7. The Morgan fingerprint density at radius 3 is 2.62 bits per heavy atom. The first-order valence-electron chi connectivity index (χ1n) is 7.37. The van der Waals surface area contributed by atoms with Crippen LogP contribution in [0.3, 0.4) is 0 Å². The van der Waals surface area contributed by atoms with Crippen molar-refractivity contribution < 1.29 is 23.0 Å². The van der Waals surface area contributed by atoms with Crippen molar-refractivity contribution in [1.82, 2.24) is 4.98 Å². The van der Waals surface area contributed by atoms with Crippen LogP contribution in [0.2, 0.25) is 0 Å². The molecule has 0 radical (unpaired) electrons. The van der Waals surface area contributed by atoms with Crippen LogP contribution >= 0.6 is 27.3 Å². The fourth-order valence-electron chi connectivity index (χ4n) is 2.27. The van der Waals surface area contributed by atoms with Gasteiger partial charge in [-0.05, 0) is 45.8 Å². The summed E-state index contributed by atoms with van der Waals surface area (Å²) in [4.78, 5) is 16.4. The van der Waals surface area contributed by atoms with Gasteiger partial charge in [-0.25, -0.2) is 13.6 Å². The number of esters is 1. The average molecular weight is 440 g/mol. The van der Waals surface area contributed by atoms with E-state index < -0.39 is 17.6 Å². The van der Waals surface area contributed by atoms with E-state index in [0.717, 1.165) is 6.07 Å². The largest absolute Gasteiger partial charge is 0.487 e. The number of nitrogens with zero attached hydrogens (tertiary/aromatic N) is 1. The first kappa shape index (κ1) is 18.5. The number of carbonyl (C=O) groups excluding carboxylic acids is 1. The fourth-order valence-corrected chi connectivity index (χ4v) is 3.39. The molecule has 0 fully saturated rings. The maximum absolute atomic E-state index is 13.3. The lowest BCUT2D eigenvalue weighted by molar-refractivity contribution is 0.0606. The third-order valence-corrected chi connectivity index (χ3v) is 4.74. The molecule has 0 spiro atoms. The van der Waals surface area contributed by atoms with Crippen LogP contribution in [-0.4, -0.2) is 18.1 Å². The Morgan fingerprint density at radius 1 is 1.19 bits per heavy atom. The van der Waals surface area contributed by atoms with E-state index in [1.165, 1.54) is 30.6 Å². The van der Waals surface area contributed by atoms with Gasteiger partial charge in [0.1, 0.15) is 34.6 Å². The summed E-state index contributed by atoms with van der Waals surface area (Å²) in [5, 5.41) is 1.76. The molecule has 0 saturated heterocycles. The summed E-state index contributed by atoms with van der Waals surface area (Å²) < 4.78 is 37.7. The molecule has 4 nitrogen and oxygen atoms in total. The number of aromatic nitrogens is 1. The van der Waals surface area contributed by atoms with Crippen molar-refractivity contribution in [3.63, 3.8) is 0 Å². The molecule has 1 aromatic carbocycles. The normalized spacial score (nSPS) is 10.6. The second-order valence-electron chi connectivity index (χ2n) is 5.26. The van der Waals surface area contributed by atoms with E-state index >= 15 is 0 Å². The molecule has 0 aliphatic carbocycles. The van der Waals surface area contributed by atoms with E-state index in [-0.39, 0.29) is 6.61 Å². The van der Waals surface area contributed by atoms with Crippen LogP contribution in [0.15, 0.2) is 46.4 Å². The minimum atomic E-state index is -0.670. The minimum Gasteiger partial charge on any atom is -0.487 e. The van der Waals surface area contributed by atoms with Crippen molar-refractivity contribution in [3.8, 4) is 17.0 Å². The van der Waals surface area contributed by atoms with Gasteiger partial charge in [-0.1, -0.05) is 0 Å². The molecule has 134 valence electrons. The number of carbonyl (C=O) groups is 1. The lowest BCUT2D eigenvalue weighted by Gasteiger charge is -2.11. The smallest absolute Gasteiger partial charge is 0.348 e. The molecule has 0 aliphatic rings. The highest BCUT2D eigenvalue weighted by atomic mass is 79.9. The number of hydrogen-bond acceptors (Lipinski definition) is 5. The van der Waals surface area contributed by atoms with Crippen molar-refractivity contribution in [2.24, 2.45) is 0 Å². The van der Waals surface area contributed by atoms with Crippen molar-refractivity contribution in [3.05, 3.63) is 68.5 Å². The summed E-state index contributed by atoms with van der Waals surface area (Å²) in [5.41, 5.74) is 1.55. The van der Waals surface area contributed by atoms with Gasteiger partial charge in [0.15, 0.2) is 0 Å². The van der Waals surface area contributed by atoms with Gasteiger partial charge >= 0.3 is 5.97 Å². The molecular formula is C18H12BrF2NO3S. The van der Waals surface area contributed by atoms with Crippen molar-refractivity contribution in [1.29, 1.82) is 0 Å². The molecule has 0 amide bonds. The lowest BCUT2D eigenvalue weighted by Crippen LogP contribution is -2.00. The maximum atomic E-state index is 13.3. The highest BCUT2D eigenvalue weighted by Gasteiger charge is 2.15. The molecule has 0 unspecified atom stereocenters. The monoisotopic (exact) mass is 439 g/mol. The number of hydrogen-bond donors (Lipinski definition) is 0. The molecule has 0 bridgehead atoms. The summed E-state index contributed by atoms with van der Waals surface area (Å²) in [6, 6.07) is 6.56. The van der Waals surface area contributed by atoms with Gasteiger partial charge in [0, 0.05) is 27.7 Å². The Kier molecular flexibility index (Phi) is 5.63. The van der Waals surface area contributed by atoms with Crippen LogP contribution in [0.5, 0.6) is 5.75 Å². The predicted molar refractivity (Wildman–Crippen MR) is 97.3 cm³/mol. The first-order chi connectivity index (χ1) is 12.5. The van der Waals surface area contributed by atoms with Gasteiger partial charge in [-0.15, -0.1) is 11.3 Å². The van der Waals surface area contributed by atoms with E-state index in [1.807, 2.05) is 0 Å². The minimum absolute atomic E-state index is 0.0339. The second kappa shape index (κ2) is 7.92. The number of benzene rings is 1. The Bertz CT molecular complexity index is 941. The molecule has 26 heavy (non-hydrogen) atoms. The van der Waals surface area contributed by atoms with Crippen LogP contribution in [0, 0.1) is 11.6 Å². The molecule has 0 aliphatic heterocycles. The SMILES string of the molecule is COC(=O)c1cc(-c2ncc(Br)cc2OCc2cc(F)cc(F)c2)cs1. The van der Waals surface area contributed by atoms with Crippen LogP contribution in [0.1, 0.15) is 15.2 Å². The van der Waals surface area contributed by atoms with Crippen LogP contribution < -0.4 is 4.74 Å². The zero-order valence-corrected chi connectivity index (χ0v) is 15.9. The molecule has 0 saturated carbocycles. The summed E-state index contributed by atoms with van der Waals surface area (Å²) in [5.74, 6) is -1.36. The van der Waals surface area contributed by atoms with Gasteiger partial charge in [-0.3, -0.25) is 4.98 Å².